The van der Waals surface area contributed by atoms with Crippen molar-refractivity contribution in [2.75, 3.05) is 32.5 Å². The standard InChI is InChI=1S/C12H17ClFN3O/c1-17(2)7-3-6-15-12(18)16-9-4-5-11(14)10(13)8-9/h4-5,8H,3,6-7H2,1-2H3,(H2,15,16,18)/p+1. The Morgan fingerprint density at radius 1 is 1.44 bits per heavy atom. The monoisotopic (exact) mass is 274 g/mol. The number of hydrogen-bond donors (Lipinski definition) is 3. The summed E-state index contributed by atoms with van der Waals surface area (Å²) < 4.78 is 12.9. The second-order valence-corrected chi connectivity index (χ2v) is 4.73. The third-order valence-corrected chi connectivity index (χ3v) is 2.61. The molecule has 2 amide bonds. The van der Waals surface area contributed by atoms with Gasteiger partial charge in [-0.1, -0.05) is 11.6 Å². The first kappa shape index (κ1) is 14.7. The molecule has 4 nitrogen and oxygen atoms in total. The molecule has 0 bridgehead atoms. The minimum absolute atomic E-state index is 0.0102. The van der Waals surface area contributed by atoms with Crippen LogP contribution in [0.1, 0.15) is 6.42 Å². The number of anilines is 1. The lowest BCUT2D eigenvalue weighted by Crippen LogP contribution is -3.05. The Morgan fingerprint density at radius 2 is 2.17 bits per heavy atom. The van der Waals surface area contributed by atoms with E-state index in [0.717, 1.165) is 13.0 Å². The van der Waals surface area contributed by atoms with Gasteiger partial charge in [0.25, 0.3) is 0 Å². The van der Waals surface area contributed by atoms with Gasteiger partial charge in [-0.05, 0) is 18.2 Å². The first-order valence-electron chi connectivity index (χ1n) is 5.78. The molecule has 0 aliphatic heterocycles. The maximum atomic E-state index is 12.9. The minimum atomic E-state index is -0.503. The molecule has 1 rings (SSSR count). The summed E-state index contributed by atoms with van der Waals surface area (Å²) in [6.07, 6.45) is 0.903. The van der Waals surface area contributed by atoms with Crippen LogP contribution in [0.3, 0.4) is 0 Å². The quantitative estimate of drug-likeness (QED) is 0.693. The number of quaternary nitrogens is 1. The van der Waals surface area contributed by atoms with Crippen LogP contribution in [0.4, 0.5) is 14.9 Å². The van der Waals surface area contributed by atoms with E-state index in [1.807, 2.05) is 0 Å². The van der Waals surface area contributed by atoms with Gasteiger partial charge in [-0.3, -0.25) is 0 Å². The molecule has 0 aliphatic carbocycles. The zero-order chi connectivity index (χ0) is 13.5. The van der Waals surface area contributed by atoms with Gasteiger partial charge in [0, 0.05) is 18.7 Å². The third kappa shape index (κ3) is 5.33. The summed E-state index contributed by atoms with van der Waals surface area (Å²) in [4.78, 5) is 12.8. The largest absolute Gasteiger partial charge is 0.340 e. The SMILES string of the molecule is C[NH+](C)CCCNC(=O)Nc1ccc(F)c(Cl)c1. The Morgan fingerprint density at radius 3 is 2.78 bits per heavy atom. The second-order valence-electron chi connectivity index (χ2n) is 4.32. The Bertz CT molecular complexity index is 412. The number of halogens is 2. The van der Waals surface area contributed by atoms with Crippen molar-refractivity contribution in [2.45, 2.75) is 6.42 Å². The van der Waals surface area contributed by atoms with Gasteiger partial charge in [0.05, 0.1) is 25.7 Å². The summed E-state index contributed by atoms with van der Waals surface area (Å²) >= 11 is 5.61. The lowest BCUT2D eigenvalue weighted by molar-refractivity contribution is -0.858. The van der Waals surface area contributed by atoms with Gasteiger partial charge in [0.2, 0.25) is 0 Å². The van der Waals surface area contributed by atoms with Crippen molar-refractivity contribution in [1.82, 2.24) is 5.32 Å². The smallest absolute Gasteiger partial charge is 0.319 e. The molecule has 0 unspecified atom stereocenters. The van der Waals surface area contributed by atoms with E-state index in [2.05, 4.69) is 24.7 Å². The van der Waals surface area contributed by atoms with Crippen LogP contribution in [0.2, 0.25) is 5.02 Å². The van der Waals surface area contributed by atoms with E-state index in [1.165, 1.54) is 23.1 Å². The van der Waals surface area contributed by atoms with Crippen LogP contribution in [-0.4, -0.2) is 33.2 Å². The molecule has 0 aliphatic rings. The number of nitrogens with one attached hydrogen (secondary N) is 3. The van der Waals surface area contributed by atoms with E-state index in [9.17, 15) is 9.18 Å². The van der Waals surface area contributed by atoms with Gasteiger partial charge in [0.1, 0.15) is 5.82 Å². The van der Waals surface area contributed by atoms with Crippen molar-refractivity contribution in [3.8, 4) is 0 Å². The van der Waals surface area contributed by atoms with Crippen molar-refractivity contribution in [1.29, 1.82) is 0 Å². The fourth-order valence-corrected chi connectivity index (χ4v) is 1.57. The molecule has 0 saturated carbocycles. The molecule has 100 valence electrons. The van der Waals surface area contributed by atoms with Crippen LogP contribution in [0, 0.1) is 5.82 Å². The van der Waals surface area contributed by atoms with Crippen molar-refractivity contribution in [3.05, 3.63) is 29.0 Å². The molecule has 0 heterocycles. The van der Waals surface area contributed by atoms with Crippen LogP contribution in [0.5, 0.6) is 0 Å². The Kier molecular flexibility index (Phi) is 5.88. The summed E-state index contributed by atoms with van der Waals surface area (Å²) in [6, 6.07) is 3.74. The van der Waals surface area contributed by atoms with Crippen molar-refractivity contribution in [2.24, 2.45) is 0 Å². The summed E-state index contributed by atoms with van der Waals surface area (Å²) in [7, 11) is 4.11. The van der Waals surface area contributed by atoms with Gasteiger partial charge in [-0.15, -0.1) is 0 Å². The molecule has 18 heavy (non-hydrogen) atoms. The first-order valence-corrected chi connectivity index (χ1v) is 6.16. The molecule has 0 saturated heterocycles. The second kappa shape index (κ2) is 7.18. The molecular formula is C12H18ClFN3O+. The summed E-state index contributed by atoms with van der Waals surface area (Å²) in [5.74, 6) is -0.503. The van der Waals surface area contributed by atoms with E-state index >= 15 is 0 Å². The number of amides is 2. The van der Waals surface area contributed by atoms with Gasteiger partial charge >= 0.3 is 6.03 Å². The zero-order valence-corrected chi connectivity index (χ0v) is 11.3. The van der Waals surface area contributed by atoms with Gasteiger partial charge in [-0.2, -0.15) is 0 Å². The van der Waals surface area contributed by atoms with Gasteiger partial charge < -0.3 is 15.5 Å². The number of benzene rings is 1. The molecule has 0 aromatic heterocycles. The fraction of sp³-hybridized carbons (Fsp3) is 0.417. The van der Waals surface area contributed by atoms with Crippen LogP contribution < -0.4 is 15.5 Å². The highest BCUT2D eigenvalue weighted by molar-refractivity contribution is 6.31. The average molecular weight is 275 g/mol. The normalized spacial score (nSPS) is 10.5. The highest BCUT2D eigenvalue weighted by atomic mass is 35.5. The number of hydrogen-bond acceptors (Lipinski definition) is 1. The topological polar surface area (TPSA) is 45.6 Å². The minimum Gasteiger partial charge on any atom is -0.340 e. The predicted molar refractivity (Wildman–Crippen MR) is 70.7 cm³/mol. The van der Waals surface area contributed by atoms with Gasteiger partial charge in [-0.25, -0.2) is 9.18 Å². The Labute approximate surface area is 111 Å². The third-order valence-electron chi connectivity index (χ3n) is 2.32. The summed E-state index contributed by atoms with van der Waals surface area (Å²) in [5.41, 5.74) is 0.470. The molecule has 3 N–H and O–H groups in total. The lowest BCUT2D eigenvalue weighted by atomic mass is 10.3. The number of rotatable bonds is 5. The number of urea groups is 1. The van der Waals surface area contributed by atoms with Crippen molar-refractivity contribution >= 4 is 23.3 Å². The molecule has 0 fully saturated rings. The maximum Gasteiger partial charge on any atom is 0.319 e. The molecule has 1 aromatic rings. The molecular weight excluding hydrogens is 257 g/mol. The van der Waals surface area contributed by atoms with Crippen LogP contribution in [0.25, 0.3) is 0 Å². The molecule has 6 heteroatoms. The summed E-state index contributed by atoms with van der Waals surface area (Å²) in [5, 5.41) is 5.30. The average Bonchev–Trinajstić information content (AvgIpc) is 2.29. The van der Waals surface area contributed by atoms with Crippen LogP contribution in [0.15, 0.2) is 18.2 Å². The van der Waals surface area contributed by atoms with Crippen molar-refractivity contribution < 1.29 is 14.1 Å². The van der Waals surface area contributed by atoms with E-state index in [4.69, 9.17) is 11.6 Å². The molecule has 0 radical (unpaired) electrons. The molecule has 0 spiro atoms. The van der Waals surface area contributed by atoms with Crippen LogP contribution in [-0.2, 0) is 0 Å². The Balaban J connectivity index is 2.33. The maximum absolute atomic E-state index is 12.9. The van der Waals surface area contributed by atoms with E-state index in [-0.39, 0.29) is 11.1 Å². The van der Waals surface area contributed by atoms with E-state index < -0.39 is 5.82 Å². The zero-order valence-electron chi connectivity index (χ0n) is 10.5. The van der Waals surface area contributed by atoms with Crippen LogP contribution >= 0.6 is 11.6 Å². The fourth-order valence-electron chi connectivity index (χ4n) is 1.39. The van der Waals surface area contributed by atoms with E-state index in [1.54, 1.807) is 0 Å². The molecule has 1 aromatic carbocycles. The highest BCUT2D eigenvalue weighted by Crippen LogP contribution is 2.18. The Hall–Kier alpha value is -1.33. The first-order chi connectivity index (χ1) is 8.49. The molecule has 0 atom stereocenters. The van der Waals surface area contributed by atoms with Crippen molar-refractivity contribution in [3.63, 3.8) is 0 Å². The summed E-state index contributed by atoms with van der Waals surface area (Å²) in [6.45, 7) is 1.59. The van der Waals surface area contributed by atoms with E-state index in [0.29, 0.717) is 12.2 Å². The highest BCUT2D eigenvalue weighted by Gasteiger charge is 2.04. The predicted octanol–water partition coefficient (Wildman–Crippen LogP) is 1.14. The number of carbonyl (C=O) groups excluding carboxylic acids is 1. The van der Waals surface area contributed by atoms with Gasteiger partial charge in [0.15, 0.2) is 0 Å². The number of carbonyl (C=O) groups is 1. The lowest BCUT2D eigenvalue weighted by Gasteiger charge is -2.09.